The molecule has 3 aliphatic rings. The van der Waals surface area contributed by atoms with E-state index < -0.39 is 0 Å². The van der Waals surface area contributed by atoms with Crippen LogP contribution in [0.15, 0.2) is 48.8 Å². The molecule has 198 valence electrons. The average Bonchev–Trinajstić information content (AvgIpc) is 3.65. The van der Waals surface area contributed by atoms with E-state index in [2.05, 4.69) is 15.5 Å². The Kier molecular flexibility index (Phi) is 7.53. The van der Waals surface area contributed by atoms with Crippen LogP contribution >= 0.6 is 0 Å². The number of unbranched alkanes of at least 4 members (excludes halogenated alkanes) is 2. The predicted molar refractivity (Wildman–Crippen MR) is 143 cm³/mol. The third-order valence-electron chi connectivity index (χ3n) is 8.60. The number of aromatic nitrogens is 1. The maximum absolute atomic E-state index is 13.4. The van der Waals surface area contributed by atoms with Crippen molar-refractivity contribution in [3.63, 3.8) is 0 Å². The van der Waals surface area contributed by atoms with Crippen LogP contribution in [0, 0.1) is 5.41 Å². The molecule has 3 saturated heterocycles. The summed E-state index contributed by atoms with van der Waals surface area (Å²) in [5.74, 6) is 0.354. The zero-order valence-electron chi connectivity index (χ0n) is 21.8. The second-order valence-corrected chi connectivity index (χ2v) is 11.1. The standard InChI is InChI=1S/C29H39N5O3/c1-22-24(31-28(37)30-22)10-3-2-4-12-26(35)34-20-15-29(21-34)13-18-33(19-14-29)27(36)23-9-5-6-11-25(23)32-16-7-8-17-32/h5-9,11,16-17,22,24H,2-4,10,12-15,18-21H2,1H3,(H2,30,31,37). The zero-order valence-corrected chi connectivity index (χ0v) is 21.8. The number of para-hydroxylation sites is 1. The predicted octanol–water partition coefficient (Wildman–Crippen LogP) is 3.95. The highest BCUT2D eigenvalue weighted by Crippen LogP contribution is 2.41. The highest BCUT2D eigenvalue weighted by Gasteiger charge is 2.42. The van der Waals surface area contributed by atoms with Crippen LogP contribution < -0.4 is 10.6 Å². The minimum absolute atomic E-state index is 0.0763. The molecule has 5 rings (SSSR count). The highest BCUT2D eigenvalue weighted by molar-refractivity contribution is 5.97. The molecule has 2 N–H and O–H groups in total. The Morgan fingerprint density at radius 2 is 1.62 bits per heavy atom. The summed E-state index contributed by atoms with van der Waals surface area (Å²) in [5, 5.41) is 5.84. The van der Waals surface area contributed by atoms with E-state index >= 15 is 0 Å². The normalized spacial score (nSPS) is 22.8. The molecule has 2 aromatic rings. The van der Waals surface area contributed by atoms with Crippen molar-refractivity contribution < 1.29 is 14.4 Å². The lowest BCUT2D eigenvalue weighted by Gasteiger charge is -2.39. The van der Waals surface area contributed by atoms with Crippen LogP contribution in [-0.2, 0) is 4.79 Å². The Morgan fingerprint density at radius 1 is 0.919 bits per heavy atom. The van der Waals surface area contributed by atoms with Crippen molar-refractivity contribution >= 4 is 17.8 Å². The number of benzene rings is 1. The number of piperidine rings is 1. The number of urea groups is 1. The summed E-state index contributed by atoms with van der Waals surface area (Å²) in [6.07, 6.45) is 11.3. The Bertz CT molecular complexity index is 1110. The number of carbonyl (C=O) groups excluding carboxylic acids is 3. The van der Waals surface area contributed by atoms with Crippen molar-refractivity contribution in [2.45, 2.75) is 70.4 Å². The first-order valence-corrected chi connectivity index (χ1v) is 13.8. The molecular formula is C29H39N5O3. The van der Waals surface area contributed by atoms with E-state index in [4.69, 9.17) is 0 Å². The van der Waals surface area contributed by atoms with Crippen molar-refractivity contribution in [1.29, 1.82) is 0 Å². The van der Waals surface area contributed by atoms with Gasteiger partial charge in [0, 0.05) is 51.0 Å². The van der Waals surface area contributed by atoms with Crippen LogP contribution in [0.5, 0.6) is 0 Å². The third-order valence-corrected chi connectivity index (χ3v) is 8.60. The van der Waals surface area contributed by atoms with Gasteiger partial charge in [-0.05, 0) is 68.7 Å². The Labute approximate surface area is 219 Å². The van der Waals surface area contributed by atoms with Crippen LogP contribution in [-0.4, -0.2) is 70.5 Å². The van der Waals surface area contributed by atoms with Gasteiger partial charge in [-0.15, -0.1) is 0 Å². The minimum Gasteiger partial charge on any atom is -0.342 e. The molecular weight excluding hydrogens is 466 g/mol. The Morgan fingerprint density at radius 3 is 2.32 bits per heavy atom. The summed E-state index contributed by atoms with van der Waals surface area (Å²) in [6.45, 7) is 5.17. The first-order chi connectivity index (χ1) is 17.9. The van der Waals surface area contributed by atoms with E-state index in [1.807, 2.05) is 65.2 Å². The molecule has 37 heavy (non-hydrogen) atoms. The average molecular weight is 506 g/mol. The van der Waals surface area contributed by atoms with Gasteiger partial charge in [0.15, 0.2) is 0 Å². The third kappa shape index (κ3) is 5.68. The SMILES string of the molecule is CC1NC(=O)NC1CCCCCC(=O)N1CCC2(CCN(C(=O)c3ccccc3-n3cccc3)CC2)C1. The van der Waals surface area contributed by atoms with Gasteiger partial charge < -0.3 is 25.0 Å². The topological polar surface area (TPSA) is 86.7 Å². The van der Waals surface area contributed by atoms with Crippen LogP contribution in [0.25, 0.3) is 5.69 Å². The van der Waals surface area contributed by atoms with Crippen molar-refractivity contribution in [3.05, 3.63) is 54.4 Å². The smallest absolute Gasteiger partial charge is 0.315 e. The number of amides is 4. The summed E-state index contributed by atoms with van der Waals surface area (Å²) in [7, 11) is 0. The molecule has 3 aliphatic heterocycles. The van der Waals surface area contributed by atoms with Crippen molar-refractivity contribution in [2.75, 3.05) is 26.2 Å². The molecule has 8 nitrogen and oxygen atoms in total. The number of carbonyl (C=O) groups is 3. The van der Waals surface area contributed by atoms with Gasteiger partial charge in [-0.25, -0.2) is 4.79 Å². The quantitative estimate of drug-likeness (QED) is 0.533. The number of hydrogen-bond acceptors (Lipinski definition) is 3. The minimum atomic E-state index is -0.0763. The lowest BCUT2D eigenvalue weighted by molar-refractivity contribution is -0.130. The molecule has 1 aromatic carbocycles. The van der Waals surface area contributed by atoms with Crippen LogP contribution in [0.4, 0.5) is 4.79 Å². The Hall–Kier alpha value is -3.29. The fourth-order valence-corrected chi connectivity index (χ4v) is 6.23. The number of hydrogen-bond donors (Lipinski definition) is 2. The zero-order chi connectivity index (χ0) is 25.8. The molecule has 0 saturated carbocycles. The summed E-state index contributed by atoms with van der Waals surface area (Å²) >= 11 is 0. The van der Waals surface area contributed by atoms with E-state index in [0.29, 0.717) is 6.42 Å². The van der Waals surface area contributed by atoms with Crippen LogP contribution in [0.1, 0.15) is 68.6 Å². The van der Waals surface area contributed by atoms with Crippen molar-refractivity contribution in [2.24, 2.45) is 5.41 Å². The van der Waals surface area contributed by atoms with E-state index in [-0.39, 0.29) is 35.3 Å². The van der Waals surface area contributed by atoms with Gasteiger partial charge in [0.2, 0.25) is 5.91 Å². The molecule has 2 unspecified atom stereocenters. The first-order valence-electron chi connectivity index (χ1n) is 13.8. The van der Waals surface area contributed by atoms with Crippen molar-refractivity contribution in [3.8, 4) is 5.69 Å². The Balaban J connectivity index is 1.06. The van der Waals surface area contributed by atoms with Gasteiger partial charge in [0.05, 0.1) is 17.3 Å². The molecule has 0 aliphatic carbocycles. The maximum Gasteiger partial charge on any atom is 0.315 e. The van der Waals surface area contributed by atoms with Crippen LogP contribution in [0.2, 0.25) is 0 Å². The summed E-state index contributed by atoms with van der Waals surface area (Å²) < 4.78 is 1.99. The molecule has 0 radical (unpaired) electrons. The summed E-state index contributed by atoms with van der Waals surface area (Å²) in [4.78, 5) is 41.7. The maximum atomic E-state index is 13.4. The second-order valence-electron chi connectivity index (χ2n) is 11.1. The van der Waals surface area contributed by atoms with Gasteiger partial charge in [-0.3, -0.25) is 9.59 Å². The van der Waals surface area contributed by atoms with Crippen molar-refractivity contribution in [1.82, 2.24) is 25.0 Å². The van der Waals surface area contributed by atoms with Gasteiger partial charge in [0.1, 0.15) is 0 Å². The highest BCUT2D eigenvalue weighted by atomic mass is 16.2. The molecule has 3 fully saturated rings. The van der Waals surface area contributed by atoms with Crippen LogP contribution in [0.3, 0.4) is 0 Å². The number of nitrogens with one attached hydrogen (secondary N) is 2. The van der Waals surface area contributed by atoms with E-state index in [0.717, 1.165) is 82.4 Å². The first kappa shape index (κ1) is 25.4. The largest absolute Gasteiger partial charge is 0.342 e. The van der Waals surface area contributed by atoms with Gasteiger partial charge in [-0.1, -0.05) is 25.0 Å². The molecule has 8 heteroatoms. The van der Waals surface area contributed by atoms with Gasteiger partial charge >= 0.3 is 6.03 Å². The van der Waals surface area contributed by atoms with E-state index in [9.17, 15) is 14.4 Å². The second kappa shape index (κ2) is 11.0. The molecule has 0 bridgehead atoms. The number of likely N-dealkylation sites (tertiary alicyclic amines) is 2. The molecule has 4 amide bonds. The fourth-order valence-electron chi connectivity index (χ4n) is 6.23. The lowest BCUT2D eigenvalue weighted by atomic mass is 9.77. The molecule has 2 atom stereocenters. The van der Waals surface area contributed by atoms with E-state index in [1.165, 1.54) is 0 Å². The number of nitrogens with zero attached hydrogens (tertiary/aromatic N) is 3. The summed E-state index contributed by atoms with van der Waals surface area (Å²) in [5.41, 5.74) is 1.80. The van der Waals surface area contributed by atoms with Gasteiger partial charge in [0.25, 0.3) is 5.91 Å². The fraction of sp³-hybridized carbons (Fsp3) is 0.552. The molecule has 1 spiro atoms. The molecule has 1 aromatic heterocycles. The van der Waals surface area contributed by atoms with Gasteiger partial charge in [-0.2, -0.15) is 0 Å². The monoisotopic (exact) mass is 505 g/mol. The lowest BCUT2D eigenvalue weighted by Crippen LogP contribution is -2.44. The van der Waals surface area contributed by atoms with E-state index in [1.54, 1.807) is 0 Å². The molecule has 4 heterocycles. The number of rotatable bonds is 8. The summed E-state index contributed by atoms with van der Waals surface area (Å²) in [6, 6.07) is 12.0.